The second kappa shape index (κ2) is 9.89. The summed E-state index contributed by atoms with van der Waals surface area (Å²) in [5.41, 5.74) is 1.43. The SMILES string of the molecule is Cc1cccc(C(=O)Oc2ccc3c(=O)c(Oc4ccc(-c5ccccc5)cc4)c(C(F)(F)F)oc3c2)c1. The van der Waals surface area contributed by atoms with Crippen LogP contribution in [0.25, 0.3) is 22.1 Å². The molecule has 1 heterocycles. The first-order valence-electron chi connectivity index (χ1n) is 11.5. The summed E-state index contributed by atoms with van der Waals surface area (Å²) in [6.07, 6.45) is -5.03. The quantitative estimate of drug-likeness (QED) is 0.176. The molecule has 8 heteroatoms. The molecule has 0 fully saturated rings. The van der Waals surface area contributed by atoms with Crippen LogP contribution >= 0.6 is 0 Å². The number of carbonyl (C=O) groups excluding carboxylic acids is 1. The van der Waals surface area contributed by atoms with E-state index in [0.717, 1.165) is 22.8 Å². The summed E-state index contributed by atoms with van der Waals surface area (Å²) < 4.78 is 57.6. The third kappa shape index (κ3) is 5.15. The summed E-state index contributed by atoms with van der Waals surface area (Å²) in [6.45, 7) is 1.80. The van der Waals surface area contributed by atoms with E-state index in [1.54, 1.807) is 43.3 Å². The van der Waals surface area contributed by atoms with Crippen molar-refractivity contribution in [3.63, 3.8) is 0 Å². The van der Waals surface area contributed by atoms with Crippen LogP contribution in [0, 0.1) is 6.92 Å². The molecule has 0 saturated heterocycles. The molecule has 0 bridgehead atoms. The summed E-state index contributed by atoms with van der Waals surface area (Å²) in [5, 5.41) is -0.163. The van der Waals surface area contributed by atoms with Gasteiger partial charge in [0, 0.05) is 6.07 Å². The van der Waals surface area contributed by atoms with E-state index in [1.807, 2.05) is 30.3 Å². The smallest absolute Gasteiger partial charge is 0.449 e. The number of alkyl halides is 3. The molecule has 0 amide bonds. The molecular formula is C30H19F3O5. The number of rotatable bonds is 5. The van der Waals surface area contributed by atoms with E-state index in [2.05, 4.69) is 0 Å². The average molecular weight is 516 g/mol. The Labute approximate surface area is 214 Å². The number of aryl methyl sites for hydroxylation is 1. The van der Waals surface area contributed by atoms with Crippen molar-refractivity contribution in [3.05, 3.63) is 124 Å². The monoisotopic (exact) mass is 516 g/mol. The van der Waals surface area contributed by atoms with Gasteiger partial charge in [0.05, 0.1) is 10.9 Å². The molecule has 0 spiro atoms. The van der Waals surface area contributed by atoms with E-state index in [-0.39, 0.29) is 22.4 Å². The van der Waals surface area contributed by atoms with Gasteiger partial charge >= 0.3 is 12.1 Å². The van der Waals surface area contributed by atoms with Crippen LogP contribution in [-0.2, 0) is 6.18 Å². The molecule has 0 saturated carbocycles. The lowest BCUT2D eigenvalue weighted by Crippen LogP contribution is -2.15. The lowest BCUT2D eigenvalue weighted by Gasteiger charge is -2.14. The zero-order valence-electron chi connectivity index (χ0n) is 19.9. The van der Waals surface area contributed by atoms with Crippen LogP contribution in [0.15, 0.2) is 106 Å². The second-order valence-electron chi connectivity index (χ2n) is 8.50. The van der Waals surface area contributed by atoms with E-state index in [1.165, 1.54) is 24.3 Å². The first-order chi connectivity index (χ1) is 18.2. The average Bonchev–Trinajstić information content (AvgIpc) is 2.90. The second-order valence-corrected chi connectivity index (χ2v) is 8.50. The fourth-order valence-electron chi connectivity index (χ4n) is 3.90. The van der Waals surface area contributed by atoms with Gasteiger partial charge in [-0.05, 0) is 54.4 Å². The van der Waals surface area contributed by atoms with Gasteiger partial charge in [0.2, 0.25) is 11.2 Å². The van der Waals surface area contributed by atoms with Crippen LogP contribution in [0.4, 0.5) is 13.2 Å². The van der Waals surface area contributed by atoms with Crippen LogP contribution in [0.2, 0.25) is 0 Å². The molecule has 38 heavy (non-hydrogen) atoms. The Morgan fingerprint density at radius 1 is 0.789 bits per heavy atom. The predicted octanol–water partition coefficient (Wildman–Crippen LogP) is 7.80. The molecule has 0 atom stereocenters. The van der Waals surface area contributed by atoms with Gasteiger partial charge in [-0.3, -0.25) is 4.79 Å². The Bertz CT molecular complexity index is 1690. The van der Waals surface area contributed by atoms with Gasteiger partial charge in [-0.1, -0.05) is 60.2 Å². The van der Waals surface area contributed by atoms with Crippen molar-refractivity contribution in [3.8, 4) is 28.4 Å². The van der Waals surface area contributed by atoms with Crippen LogP contribution in [-0.4, -0.2) is 5.97 Å². The lowest BCUT2D eigenvalue weighted by atomic mass is 10.1. The van der Waals surface area contributed by atoms with Gasteiger partial charge in [-0.25, -0.2) is 4.79 Å². The highest BCUT2D eigenvalue weighted by Crippen LogP contribution is 2.39. The standard InChI is InChI=1S/C30H19F3O5/c1-18-6-5-9-21(16-18)29(35)37-23-14-15-24-25(17-23)38-28(30(31,32)33)27(26(24)34)36-22-12-10-20(11-13-22)19-7-3-2-4-8-19/h2-17H,1H3. The fourth-order valence-corrected chi connectivity index (χ4v) is 3.90. The Hall–Kier alpha value is -4.85. The molecule has 190 valence electrons. The van der Waals surface area contributed by atoms with Gasteiger partial charge < -0.3 is 13.9 Å². The predicted molar refractivity (Wildman–Crippen MR) is 136 cm³/mol. The van der Waals surface area contributed by atoms with E-state index in [9.17, 15) is 22.8 Å². The largest absolute Gasteiger partial charge is 0.453 e. The van der Waals surface area contributed by atoms with E-state index in [4.69, 9.17) is 13.9 Å². The molecule has 0 aliphatic heterocycles. The van der Waals surface area contributed by atoms with E-state index < -0.39 is 34.7 Å². The molecule has 1 aromatic heterocycles. The Morgan fingerprint density at radius 2 is 1.47 bits per heavy atom. The molecule has 0 unspecified atom stereocenters. The summed E-state index contributed by atoms with van der Waals surface area (Å²) in [4.78, 5) is 25.5. The number of esters is 1. The molecule has 5 aromatic rings. The van der Waals surface area contributed by atoms with Crippen LogP contribution in [0.3, 0.4) is 0 Å². The number of hydrogen-bond acceptors (Lipinski definition) is 5. The highest BCUT2D eigenvalue weighted by atomic mass is 19.4. The molecule has 0 aliphatic rings. The summed E-state index contributed by atoms with van der Waals surface area (Å²) >= 11 is 0. The molecule has 5 rings (SSSR count). The van der Waals surface area contributed by atoms with Crippen LogP contribution in [0.5, 0.6) is 17.2 Å². The molecule has 4 aromatic carbocycles. The van der Waals surface area contributed by atoms with Crippen molar-refractivity contribution in [1.29, 1.82) is 0 Å². The lowest BCUT2D eigenvalue weighted by molar-refractivity contribution is -0.154. The Balaban J connectivity index is 1.49. The number of hydrogen-bond donors (Lipinski definition) is 0. The van der Waals surface area contributed by atoms with Gasteiger partial charge in [-0.15, -0.1) is 0 Å². The van der Waals surface area contributed by atoms with Crippen molar-refractivity contribution >= 4 is 16.9 Å². The maximum atomic E-state index is 13.9. The Morgan fingerprint density at radius 3 is 2.16 bits per heavy atom. The zero-order valence-corrected chi connectivity index (χ0v) is 19.9. The van der Waals surface area contributed by atoms with Crippen molar-refractivity contribution in [1.82, 2.24) is 0 Å². The minimum atomic E-state index is -5.03. The molecule has 5 nitrogen and oxygen atoms in total. The van der Waals surface area contributed by atoms with Crippen molar-refractivity contribution < 1.29 is 31.9 Å². The third-order valence-corrected chi connectivity index (χ3v) is 5.73. The summed E-state index contributed by atoms with van der Waals surface area (Å²) in [6, 6.07) is 25.9. The number of ether oxygens (including phenoxy) is 2. The first-order valence-corrected chi connectivity index (χ1v) is 11.5. The molecule has 0 radical (unpaired) electrons. The van der Waals surface area contributed by atoms with E-state index >= 15 is 0 Å². The van der Waals surface area contributed by atoms with Crippen molar-refractivity contribution in [2.24, 2.45) is 0 Å². The van der Waals surface area contributed by atoms with Crippen molar-refractivity contribution in [2.45, 2.75) is 13.1 Å². The topological polar surface area (TPSA) is 65.7 Å². The number of halogens is 3. The van der Waals surface area contributed by atoms with E-state index in [0.29, 0.717) is 0 Å². The van der Waals surface area contributed by atoms with Gasteiger partial charge in [0.25, 0.3) is 5.76 Å². The van der Waals surface area contributed by atoms with Crippen LogP contribution in [0.1, 0.15) is 21.7 Å². The zero-order chi connectivity index (χ0) is 26.9. The first kappa shape index (κ1) is 24.8. The van der Waals surface area contributed by atoms with Crippen molar-refractivity contribution in [2.75, 3.05) is 0 Å². The maximum absolute atomic E-state index is 13.9. The van der Waals surface area contributed by atoms with Crippen LogP contribution < -0.4 is 14.9 Å². The summed E-state index contributed by atoms with van der Waals surface area (Å²) in [7, 11) is 0. The minimum absolute atomic E-state index is 0.0329. The van der Waals surface area contributed by atoms with Gasteiger partial charge in [0.1, 0.15) is 17.1 Å². The molecule has 0 aliphatic carbocycles. The maximum Gasteiger partial charge on any atom is 0.453 e. The third-order valence-electron chi connectivity index (χ3n) is 5.73. The normalized spacial score (nSPS) is 11.4. The minimum Gasteiger partial charge on any atom is -0.449 e. The molecule has 0 N–H and O–H groups in total. The fraction of sp³-hybridized carbons (Fsp3) is 0.0667. The highest BCUT2D eigenvalue weighted by molar-refractivity contribution is 5.92. The number of carbonyl (C=O) groups is 1. The number of fused-ring (bicyclic) bond motifs is 1. The number of benzene rings is 4. The molecular weight excluding hydrogens is 497 g/mol. The van der Waals surface area contributed by atoms with Gasteiger partial charge in [-0.2, -0.15) is 13.2 Å². The summed E-state index contributed by atoms with van der Waals surface area (Å²) in [5.74, 6) is -3.33. The Kier molecular flexibility index (Phi) is 6.46. The highest BCUT2D eigenvalue weighted by Gasteiger charge is 2.40. The van der Waals surface area contributed by atoms with Gasteiger partial charge in [0.15, 0.2) is 0 Å².